The van der Waals surface area contributed by atoms with Crippen LogP contribution in [0, 0.1) is 6.92 Å². The Balaban J connectivity index is 0.00000161. The summed E-state index contributed by atoms with van der Waals surface area (Å²) in [5.41, 5.74) is 1.50. The summed E-state index contributed by atoms with van der Waals surface area (Å²) < 4.78 is 5.40. The fourth-order valence-corrected chi connectivity index (χ4v) is 2.83. The van der Waals surface area contributed by atoms with Crippen LogP contribution < -0.4 is 5.63 Å². The molecule has 1 aromatic heterocycles. The number of benzene rings is 1. The summed E-state index contributed by atoms with van der Waals surface area (Å²) in [7, 11) is 0. The number of halogens is 1. The van der Waals surface area contributed by atoms with Crippen LogP contribution in [0.4, 0.5) is 0 Å². The second kappa shape index (κ2) is 6.50. The van der Waals surface area contributed by atoms with E-state index in [4.69, 9.17) is 4.42 Å². The van der Waals surface area contributed by atoms with Gasteiger partial charge >= 0.3 is 5.63 Å². The normalized spacial score (nSPS) is 15.9. The third-order valence-corrected chi connectivity index (χ3v) is 3.99. The number of aromatic hydroxyl groups is 1. The fraction of sp³-hybridized carbons (Fsp3) is 0.438. The van der Waals surface area contributed by atoms with Gasteiger partial charge in [0.05, 0.1) is 5.56 Å². The minimum Gasteiger partial charge on any atom is -0.507 e. The van der Waals surface area contributed by atoms with Crippen molar-refractivity contribution in [3.63, 3.8) is 0 Å². The summed E-state index contributed by atoms with van der Waals surface area (Å²) in [4.78, 5) is 14.0. The van der Waals surface area contributed by atoms with Gasteiger partial charge in [0, 0.05) is 17.5 Å². The second-order valence-electron chi connectivity index (χ2n) is 5.54. The highest BCUT2D eigenvalue weighted by Gasteiger charge is 2.16. The number of hydrogen-bond acceptors (Lipinski definition) is 4. The van der Waals surface area contributed by atoms with E-state index in [-0.39, 0.29) is 23.8 Å². The van der Waals surface area contributed by atoms with Gasteiger partial charge in [-0.15, -0.1) is 12.4 Å². The first-order chi connectivity index (χ1) is 9.65. The van der Waals surface area contributed by atoms with Crippen LogP contribution in [0.5, 0.6) is 5.75 Å². The van der Waals surface area contributed by atoms with Crippen molar-refractivity contribution in [1.29, 1.82) is 0 Å². The summed E-state index contributed by atoms with van der Waals surface area (Å²) in [5.74, 6) is 0.204. The number of phenols is 1. The maximum atomic E-state index is 11.7. The van der Waals surface area contributed by atoms with Crippen molar-refractivity contribution in [3.05, 3.63) is 39.7 Å². The molecular formula is C16H20ClNO3. The molecule has 0 spiro atoms. The minimum atomic E-state index is -0.331. The average Bonchev–Trinajstić information content (AvgIpc) is 2.45. The summed E-state index contributed by atoms with van der Waals surface area (Å²) in [5, 5.41) is 11.0. The van der Waals surface area contributed by atoms with Crippen LogP contribution in [0.2, 0.25) is 0 Å². The zero-order chi connectivity index (χ0) is 14.1. The van der Waals surface area contributed by atoms with E-state index in [9.17, 15) is 9.90 Å². The number of aryl methyl sites for hydroxylation is 1. The quantitative estimate of drug-likeness (QED) is 0.866. The number of piperidine rings is 1. The van der Waals surface area contributed by atoms with E-state index in [1.807, 2.05) is 6.07 Å². The van der Waals surface area contributed by atoms with E-state index in [0.29, 0.717) is 17.7 Å². The molecule has 1 saturated heterocycles. The maximum Gasteiger partial charge on any atom is 0.339 e. The van der Waals surface area contributed by atoms with Gasteiger partial charge in [0.1, 0.15) is 11.3 Å². The minimum absolute atomic E-state index is 0. The Morgan fingerprint density at radius 2 is 1.95 bits per heavy atom. The molecule has 3 rings (SSSR count). The first-order valence-electron chi connectivity index (χ1n) is 7.13. The van der Waals surface area contributed by atoms with Crippen molar-refractivity contribution in [3.8, 4) is 5.75 Å². The molecule has 0 radical (unpaired) electrons. The lowest BCUT2D eigenvalue weighted by Crippen LogP contribution is -2.29. The number of hydrogen-bond donors (Lipinski definition) is 1. The molecule has 0 atom stereocenters. The Kier molecular flexibility index (Phi) is 4.91. The average molecular weight is 310 g/mol. The van der Waals surface area contributed by atoms with Crippen molar-refractivity contribution in [2.75, 3.05) is 13.1 Å². The summed E-state index contributed by atoms with van der Waals surface area (Å²) in [6.45, 7) is 4.44. The molecule has 1 aliphatic heterocycles. The van der Waals surface area contributed by atoms with E-state index in [0.717, 1.165) is 24.0 Å². The van der Waals surface area contributed by atoms with Crippen molar-refractivity contribution in [2.45, 2.75) is 32.7 Å². The molecule has 1 fully saturated rings. The zero-order valence-electron chi connectivity index (χ0n) is 12.1. The van der Waals surface area contributed by atoms with Crippen LogP contribution in [0.3, 0.4) is 0 Å². The molecule has 1 N–H and O–H groups in total. The maximum absolute atomic E-state index is 11.7. The lowest BCUT2D eigenvalue weighted by atomic mass is 10.1. The predicted octanol–water partition coefficient (Wildman–Crippen LogP) is 3.21. The lowest BCUT2D eigenvalue weighted by Gasteiger charge is -2.26. The van der Waals surface area contributed by atoms with Gasteiger partial charge in [-0.2, -0.15) is 0 Å². The van der Waals surface area contributed by atoms with Crippen molar-refractivity contribution in [1.82, 2.24) is 4.90 Å². The van der Waals surface area contributed by atoms with Gasteiger partial charge in [-0.05, 0) is 51.1 Å². The summed E-state index contributed by atoms with van der Waals surface area (Å²) >= 11 is 0. The molecule has 2 heterocycles. The van der Waals surface area contributed by atoms with Crippen LogP contribution in [-0.2, 0) is 6.54 Å². The number of likely N-dealkylation sites (tertiary alicyclic amines) is 1. The van der Waals surface area contributed by atoms with Crippen LogP contribution in [-0.4, -0.2) is 23.1 Å². The first-order valence-corrected chi connectivity index (χ1v) is 7.13. The Morgan fingerprint density at radius 3 is 2.67 bits per heavy atom. The largest absolute Gasteiger partial charge is 0.507 e. The number of fused-ring (bicyclic) bond motifs is 1. The van der Waals surface area contributed by atoms with Crippen molar-refractivity contribution >= 4 is 23.4 Å². The first kappa shape index (κ1) is 15.9. The van der Waals surface area contributed by atoms with Crippen molar-refractivity contribution < 1.29 is 9.52 Å². The fourth-order valence-electron chi connectivity index (χ4n) is 2.83. The number of nitrogens with zero attached hydrogens (tertiary/aromatic N) is 1. The molecule has 2 aromatic rings. The van der Waals surface area contributed by atoms with Crippen LogP contribution >= 0.6 is 12.4 Å². The van der Waals surface area contributed by atoms with Gasteiger partial charge in [0.15, 0.2) is 0 Å². The van der Waals surface area contributed by atoms with E-state index >= 15 is 0 Å². The highest BCUT2D eigenvalue weighted by atomic mass is 35.5. The second-order valence-corrected chi connectivity index (χ2v) is 5.54. The monoisotopic (exact) mass is 309 g/mol. The molecule has 0 bridgehead atoms. The molecule has 114 valence electrons. The number of phenolic OH excluding ortho intramolecular Hbond substituents is 1. The predicted molar refractivity (Wildman–Crippen MR) is 85.3 cm³/mol. The summed E-state index contributed by atoms with van der Waals surface area (Å²) in [6.07, 6.45) is 3.65. The topological polar surface area (TPSA) is 53.7 Å². The van der Waals surface area contributed by atoms with Crippen molar-refractivity contribution in [2.24, 2.45) is 0 Å². The molecule has 0 unspecified atom stereocenters. The summed E-state index contributed by atoms with van der Waals surface area (Å²) in [6, 6.07) is 5.29. The van der Waals surface area contributed by atoms with Gasteiger partial charge in [-0.1, -0.05) is 6.42 Å². The molecule has 1 aromatic carbocycles. The standard InChI is InChI=1S/C16H19NO3.ClH/c1-11-9-12-5-6-14(18)13(15(12)20-16(11)19)10-17-7-3-2-4-8-17;/h5-6,9,18H,2-4,7-8,10H2,1H3;1H. The van der Waals surface area contributed by atoms with Gasteiger partial charge in [0.2, 0.25) is 0 Å². The molecule has 21 heavy (non-hydrogen) atoms. The smallest absolute Gasteiger partial charge is 0.339 e. The van der Waals surface area contributed by atoms with E-state index < -0.39 is 0 Å². The molecule has 4 nitrogen and oxygen atoms in total. The van der Waals surface area contributed by atoms with E-state index in [1.54, 1.807) is 19.1 Å². The SMILES string of the molecule is Cc1cc2ccc(O)c(CN3CCCCC3)c2oc1=O.Cl. The molecule has 1 aliphatic rings. The number of rotatable bonds is 2. The van der Waals surface area contributed by atoms with E-state index in [2.05, 4.69) is 4.90 Å². The van der Waals surface area contributed by atoms with Gasteiger partial charge in [-0.3, -0.25) is 4.90 Å². The Hall–Kier alpha value is -1.52. The molecule has 0 saturated carbocycles. The van der Waals surface area contributed by atoms with Crippen LogP contribution in [0.25, 0.3) is 11.0 Å². The third-order valence-electron chi connectivity index (χ3n) is 3.99. The molecular weight excluding hydrogens is 290 g/mol. The molecule has 0 amide bonds. The van der Waals surface area contributed by atoms with Crippen LogP contribution in [0.15, 0.2) is 27.4 Å². The Morgan fingerprint density at radius 1 is 1.24 bits per heavy atom. The molecule has 5 heteroatoms. The van der Waals surface area contributed by atoms with E-state index in [1.165, 1.54) is 19.3 Å². The molecule has 0 aliphatic carbocycles. The highest BCUT2D eigenvalue weighted by Crippen LogP contribution is 2.28. The van der Waals surface area contributed by atoms with Gasteiger partial charge in [-0.25, -0.2) is 4.79 Å². The van der Waals surface area contributed by atoms with Gasteiger partial charge < -0.3 is 9.52 Å². The van der Waals surface area contributed by atoms with Gasteiger partial charge in [0.25, 0.3) is 0 Å². The Labute approximate surface area is 129 Å². The highest BCUT2D eigenvalue weighted by molar-refractivity contribution is 5.85. The lowest BCUT2D eigenvalue weighted by molar-refractivity contribution is 0.218. The third kappa shape index (κ3) is 3.22. The Bertz CT molecular complexity index is 690. The zero-order valence-corrected chi connectivity index (χ0v) is 12.9. The van der Waals surface area contributed by atoms with Crippen LogP contribution in [0.1, 0.15) is 30.4 Å².